The van der Waals surface area contributed by atoms with Crippen LogP contribution in [0.2, 0.25) is 0 Å². The number of aryl methyl sites for hydroxylation is 1. The van der Waals surface area contributed by atoms with Crippen LogP contribution in [0.25, 0.3) is 21.9 Å². The number of nitrogens with one attached hydrogen (secondary N) is 1. The summed E-state index contributed by atoms with van der Waals surface area (Å²) in [6.07, 6.45) is 8.04. The summed E-state index contributed by atoms with van der Waals surface area (Å²) in [5.74, 6) is 0.457. The number of amides is 2. The summed E-state index contributed by atoms with van der Waals surface area (Å²) in [6, 6.07) is 12.3. The Hall–Kier alpha value is -3.45. The minimum atomic E-state index is -0.0560. The van der Waals surface area contributed by atoms with E-state index in [1.54, 1.807) is 10.8 Å². The molecular weight excluding hydrogens is 488 g/mol. The van der Waals surface area contributed by atoms with Gasteiger partial charge in [-0.3, -0.25) is 14.4 Å². The van der Waals surface area contributed by atoms with Crippen molar-refractivity contribution in [1.82, 2.24) is 19.7 Å². The Bertz CT molecular complexity index is 1490. The first-order chi connectivity index (χ1) is 18.8. The third kappa shape index (κ3) is 5.37. The largest absolute Gasteiger partial charge is 0.349 e. The Balaban J connectivity index is 1.40. The van der Waals surface area contributed by atoms with Crippen molar-refractivity contribution in [2.24, 2.45) is 5.92 Å². The lowest BCUT2D eigenvalue weighted by molar-refractivity contribution is 0.0664. The molecule has 0 unspecified atom stereocenters. The van der Waals surface area contributed by atoms with Gasteiger partial charge in [-0.05, 0) is 106 Å². The first kappa shape index (κ1) is 25.8. The van der Waals surface area contributed by atoms with E-state index in [0.29, 0.717) is 53.5 Å². The predicted molar refractivity (Wildman–Crippen MR) is 154 cm³/mol. The van der Waals surface area contributed by atoms with E-state index in [0.717, 1.165) is 55.2 Å². The van der Waals surface area contributed by atoms with Crippen LogP contribution in [-0.4, -0.2) is 65.4 Å². The summed E-state index contributed by atoms with van der Waals surface area (Å²) in [5.41, 5.74) is 4.06. The number of carbonyl (C=O) groups excluding carboxylic acids is 2. The summed E-state index contributed by atoms with van der Waals surface area (Å²) in [6.45, 7) is 4.11. The molecule has 6 rings (SSSR count). The van der Waals surface area contributed by atoms with Crippen molar-refractivity contribution in [1.29, 1.82) is 0 Å². The van der Waals surface area contributed by atoms with Gasteiger partial charge in [-0.1, -0.05) is 12.1 Å². The number of likely N-dealkylation sites (tertiary alicyclic amines) is 1. The standard InChI is InChI=1S/C32H38N4O3/c1-20-4-7-23(30(37)33-24-9-10-24)17-27(20)22-8-11-26-28(16-22)29(19-36(31(26)38)18-21-5-6-21)32(39)35-14-12-25(13-15-35)34(2)3/h4,7-8,11,16-17,19,21,24-25H,5-6,9-10,12-15,18H2,1-3H3,(H,33,37). The molecule has 204 valence electrons. The topological polar surface area (TPSA) is 74.6 Å². The van der Waals surface area contributed by atoms with Crippen molar-refractivity contribution < 1.29 is 9.59 Å². The average molecular weight is 527 g/mol. The minimum absolute atomic E-state index is 0.00631. The quantitative estimate of drug-likeness (QED) is 0.494. The molecule has 0 bridgehead atoms. The smallest absolute Gasteiger partial charge is 0.258 e. The number of nitrogens with zero attached hydrogens (tertiary/aromatic N) is 3. The van der Waals surface area contributed by atoms with Gasteiger partial charge in [0.2, 0.25) is 0 Å². The summed E-state index contributed by atoms with van der Waals surface area (Å²) < 4.78 is 1.76. The second-order valence-corrected chi connectivity index (χ2v) is 12.0. The van der Waals surface area contributed by atoms with Crippen molar-refractivity contribution in [3.8, 4) is 11.1 Å². The number of hydrogen-bond acceptors (Lipinski definition) is 4. The highest BCUT2D eigenvalue weighted by molar-refractivity contribution is 6.07. The van der Waals surface area contributed by atoms with Crippen molar-refractivity contribution in [2.45, 2.75) is 64.1 Å². The highest BCUT2D eigenvalue weighted by Crippen LogP contribution is 2.32. The van der Waals surface area contributed by atoms with Gasteiger partial charge in [-0.25, -0.2) is 0 Å². The average Bonchev–Trinajstić information content (AvgIpc) is 3.87. The number of pyridine rings is 1. The summed E-state index contributed by atoms with van der Waals surface area (Å²) in [5, 5.41) is 4.34. The van der Waals surface area contributed by atoms with Gasteiger partial charge >= 0.3 is 0 Å². The van der Waals surface area contributed by atoms with Crippen molar-refractivity contribution in [2.75, 3.05) is 27.2 Å². The van der Waals surface area contributed by atoms with E-state index in [2.05, 4.69) is 24.3 Å². The van der Waals surface area contributed by atoms with Gasteiger partial charge in [-0.15, -0.1) is 0 Å². The molecule has 7 heteroatoms. The fourth-order valence-corrected chi connectivity index (χ4v) is 5.77. The van der Waals surface area contributed by atoms with Gasteiger partial charge in [0.1, 0.15) is 0 Å². The van der Waals surface area contributed by atoms with E-state index in [4.69, 9.17) is 0 Å². The minimum Gasteiger partial charge on any atom is -0.349 e. The zero-order valence-electron chi connectivity index (χ0n) is 23.2. The maximum absolute atomic E-state index is 14.0. The molecule has 3 aliphatic rings. The van der Waals surface area contributed by atoms with Crippen LogP contribution in [0.1, 0.15) is 64.8 Å². The molecule has 39 heavy (non-hydrogen) atoms. The van der Waals surface area contributed by atoms with Crippen LogP contribution in [0.3, 0.4) is 0 Å². The highest BCUT2D eigenvalue weighted by atomic mass is 16.2. The van der Waals surface area contributed by atoms with Crippen molar-refractivity contribution >= 4 is 22.6 Å². The zero-order valence-corrected chi connectivity index (χ0v) is 23.2. The molecule has 0 spiro atoms. The van der Waals surface area contributed by atoms with Gasteiger partial charge in [0.25, 0.3) is 17.4 Å². The molecule has 2 heterocycles. The second-order valence-electron chi connectivity index (χ2n) is 12.0. The van der Waals surface area contributed by atoms with Crippen LogP contribution in [0.4, 0.5) is 0 Å². The SMILES string of the molecule is Cc1ccc(C(=O)NC2CC2)cc1-c1ccc2c(=O)n(CC3CC3)cc(C(=O)N3CCC(N(C)C)CC3)c2c1. The Morgan fingerprint density at radius 3 is 2.36 bits per heavy atom. The van der Waals surface area contributed by atoms with Crippen molar-refractivity contribution in [3.63, 3.8) is 0 Å². The van der Waals surface area contributed by atoms with Gasteiger partial charge in [0.05, 0.1) is 5.56 Å². The Kier molecular flexibility index (Phi) is 6.79. The molecule has 1 saturated heterocycles. The Morgan fingerprint density at radius 2 is 1.69 bits per heavy atom. The molecule has 1 aliphatic heterocycles. The number of benzene rings is 2. The Labute approximate surface area is 229 Å². The maximum Gasteiger partial charge on any atom is 0.258 e. The number of piperidine rings is 1. The molecular formula is C32H38N4O3. The summed E-state index contributed by atoms with van der Waals surface area (Å²) >= 11 is 0. The molecule has 0 atom stereocenters. The number of aromatic nitrogens is 1. The first-order valence-corrected chi connectivity index (χ1v) is 14.3. The molecule has 2 aromatic carbocycles. The molecule has 3 aromatic rings. The van der Waals surface area contributed by atoms with Gasteiger partial charge in [0, 0.05) is 54.3 Å². The number of fused-ring (bicyclic) bond motifs is 1. The van der Waals surface area contributed by atoms with E-state index in [1.165, 1.54) is 0 Å². The van der Waals surface area contributed by atoms with E-state index in [-0.39, 0.29) is 23.4 Å². The van der Waals surface area contributed by atoms with E-state index >= 15 is 0 Å². The van der Waals surface area contributed by atoms with Crippen LogP contribution in [-0.2, 0) is 6.54 Å². The lowest BCUT2D eigenvalue weighted by Gasteiger charge is -2.35. The van der Waals surface area contributed by atoms with Crippen LogP contribution in [0, 0.1) is 12.8 Å². The van der Waals surface area contributed by atoms with Crippen LogP contribution < -0.4 is 10.9 Å². The lowest BCUT2D eigenvalue weighted by atomic mass is 9.94. The highest BCUT2D eigenvalue weighted by Gasteiger charge is 2.28. The fourth-order valence-electron chi connectivity index (χ4n) is 5.77. The Morgan fingerprint density at radius 1 is 0.949 bits per heavy atom. The monoisotopic (exact) mass is 526 g/mol. The third-order valence-electron chi connectivity index (χ3n) is 8.67. The van der Waals surface area contributed by atoms with E-state index in [1.807, 2.05) is 48.2 Å². The van der Waals surface area contributed by atoms with Crippen molar-refractivity contribution in [3.05, 3.63) is 69.6 Å². The van der Waals surface area contributed by atoms with E-state index in [9.17, 15) is 14.4 Å². The number of rotatable bonds is 7. The maximum atomic E-state index is 14.0. The van der Waals surface area contributed by atoms with Crippen LogP contribution >= 0.6 is 0 Å². The molecule has 1 N–H and O–H groups in total. The molecule has 7 nitrogen and oxygen atoms in total. The van der Waals surface area contributed by atoms with Crippen LogP contribution in [0.5, 0.6) is 0 Å². The molecule has 2 amide bonds. The van der Waals surface area contributed by atoms with E-state index < -0.39 is 0 Å². The van der Waals surface area contributed by atoms with Gasteiger partial charge < -0.3 is 19.7 Å². The molecule has 2 aliphatic carbocycles. The third-order valence-corrected chi connectivity index (χ3v) is 8.67. The molecule has 0 radical (unpaired) electrons. The normalized spacial score (nSPS) is 18.1. The lowest BCUT2D eigenvalue weighted by Crippen LogP contribution is -2.44. The molecule has 1 aromatic heterocycles. The first-order valence-electron chi connectivity index (χ1n) is 14.3. The summed E-state index contributed by atoms with van der Waals surface area (Å²) in [7, 11) is 4.19. The number of hydrogen-bond donors (Lipinski definition) is 1. The second kappa shape index (κ2) is 10.3. The molecule has 2 saturated carbocycles. The predicted octanol–water partition coefficient (Wildman–Crippen LogP) is 4.45. The fraction of sp³-hybridized carbons (Fsp3) is 0.469. The van der Waals surface area contributed by atoms with Gasteiger partial charge in [0.15, 0.2) is 0 Å². The van der Waals surface area contributed by atoms with Gasteiger partial charge in [-0.2, -0.15) is 0 Å². The zero-order chi connectivity index (χ0) is 27.3. The number of carbonyl (C=O) groups is 2. The van der Waals surface area contributed by atoms with Crippen LogP contribution in [0.15, 0.2) is 47.4 Å². The summed E-state index contributed by atoms with van der Waals surface area (Å²) in [4.78, 5) is 44.4. The molecule has 3 fully saturated rings.